The highest BCUT2D eigenvalue weighted by molar-refractivity contribution is 7.89. The second kappa shape index (κ2) is 7.03. The monoisotopic (exact) mass is 317 g/mol. The van der Waals surface area contributed by atoms with Gasteiger partial charge in [0.05, 0.1) is 13.2 Å². The zero-order chi connectivity index (χ0) is 15.3. The Balaban J connectivity index is 1.73. The van der Waals surface area contributed by atoms with Gasteiger partial charge in [0.1, 0.15) is 0 Å². The Hall–Kier alpha value is -1.42. The summed E-state index contributed by atoms with van der Waals surface area (Å²) in [5, 5.41) is 7.17. The third kappa shape index (κ3) is 4.81. The normalized spacial score (nSPS) is 16.8. The van der Waals surface area contributed by atoms with Gasteiger partial charge in [0.15, 0.2) is 5.76 Å². The standard InChI is InChI=1S/C12H19N3O5S/c13-21(17,18)11-3-2-10(20-11)12(16)14-4-1-5-15-6-8-19-9-7-15/h2-3H,1,4-9H2,(H,14,16)(H2,13,17,18). The number of carbonyl (C=O) groups is 1. The van der Waals surface area contributed by atoms with Crippen LogP contribution in [0.4, 0.5) is 0 Å². The maximum absolute atomic E-state index is 11.8. The average molecular weight is 317 g/mol. The lowest BCUT2D eigenvalue weighted by atomic mass is 10.3. The van der Waals surface area contributed by atoms with Gasteiger partial charge in [-0.05, 0) is 25.1 Å². The first-order chi connectivity index (χ1) is 9.97. The first-order valence-electron chi connectivity index (χ1n) is 6.68. The number of rotatable bonds is 6. The molecule has 8 nitrogen and oxygen atoms in total. The molecule has 1 fully saturated rings. The summed E-state index contributed by atoms with van der Waals surface area (Å²) >= 11 is 0. The van der Waals surface area contributed by atoms with Gasteiger partial charge < -0.3 is 14.5 Å². The number of nitrogens with two attached hydrogens (primary N) is 1. The molecule has 118 valence electrons. The summed E-state index contributed by atoms with van der Waals surface area (Å²) in [6, 6.07) is 2.45. The van der Waals surface area contributed by atoms with Crippen LogP contribution < -0.4 is 10.5 Å². The second-order valence-corrected chi connectivity index (χ2v) is 6.22. The van der Waals surface area contributed by atoms with Gasteiger partial charge in [-0.1, -0.05) is 0 Å². The maximum Gasteiger partial charge on any atom is 0.287 e. The number of furan rings is 1. The highest BCUT2D eigenvalue weighted by atomic mass is 32.2. The Morgan fingerprint density at radius 1 is 1.33 bits per heavy atom. The summed E-state index contributed by atoms with van der Waals surface area (Å²) in [5.41, 5.74) is 0. The Bertz CT molecular complexity index is 577. The van der Waals surface area contributed by atoms with Gasteiger partial charge >= 0.3 is 0 Å². The summed E-state index contributed by atoms with van der Waals surface area (Å²) in [6.07, 6.45) is 0.800. The van der Waals surface area contributed by atoms with Crippen LogP contribution in [0.15, 0.2) is 21.6 Å². The minimum absolute atomic E-state index is 0.0644. The van der Waals surface area contributed by atoms with Gasteiger partial charge in [0.2, 0.25) is 5.09 Å². The van der Waals surface area contributed by atoms with Gasteiger partial charge in [-0.3, -0.25) is 9.69 Å². The summed E-state index contributed by atoms with van der Waals surface area (Å²) in [7, 11) is -3.92. The predicted molar refractivity (Wildman–Crippen MR) is 74.3 cm³/mol. The lowest BCUT2D eigenvalue weighted by Crippen LogP contribution is -2.38. The van der Waals surface area contributed by atoms with Crippen LogP contribution in [-0.4, -0.2) is 58.6 Å². The molecule has 2 rings (SSSR count). The van der Waals surface area contributed by atoms with E-state index >= 15 is 0 Å². The van der Waals surface area contributed by atoms with Crippen LogP contribution in [0.1, 0.15) is 17.0 Å². The van der Waals surface area contributed by atoms with E-state index in [0.717, 1.165) is 45.3 Å². The molecule has 1 aliphatic rings. The fourth-order valence-electron chi connectivity index (χ4n) is 2.01. The van der Waals surface area contributed by atoms with E-state index in [2.05, 4.69) is 10.2 Å². The molecule has 3 N–H and O–H groups in total. The van der Waals surface area contributed by atoms with E-state index in [1.54, 1.807) is 0 Å². The molecule has 1 aliphatic heterocycles. The molecule has 0 saturated carbocycles. The maximum atomic E-state index is 11.8. The van der Waals surface area contributed by atoms with E-state index in [0.29, 0.717) is 6.54 Å². The lowest BCUT2D eigenvalue weighted by Gasteiger charge is -2.26. The van der Waals surface area contributed by atoms with Crippen LogP contribution in [0.3, 0.4) is 0 Å². The molecule has 0 spiro atoms. The van der Waals surface area contributed by atoms with E-state index in [-0.39, 0.29) is 5.76 Å². The molecule has 0 radical (unpaired) electrons. The van der Waals surface area contributed by atoms with Gasteiger partial charge in [-0.2, -0.15) is 0 Å². The molecule has 1 aromatic heterocycles. The largest absolute Gasteiger partial charge is 0.438 e. The zero-order valence-corrected chi connectivity index (χ0v) is 12.4. The molecule has 0 unspecified atom stereocenters. The molecule has 1 saturated heterocycles. The Labute approximate surface area is 123 Å². The number of amides is 1. The van der Waals surface area contributed by atoms with Crippen LogP contribution in [0.5, 0.6) is 0 Å². The SMILES string of the molecule is NS(=O)(=O)c1ccc(C(=O)NCCCN2CCOCC2)o1. The summed E-state index contributed by atoms with van der Waals surface area (Å²) in [4.78, 5) is 14.0. The number of hydrogen-bond donors (Lipinski definition) is 2. The third-order valence-electron chi connectivity index (χ3n) is 3.13. The van der Waals surface area contributed by atoms with Crippen LogP contribution >= 0.6 is 0 Å². The second-order valence-electron chi connectivity index (χ2n) is 4.73. The van der Waals surface area contributed by atoms with Crippen molar-refractivity contribution in [3.63, 3.8) is 0 Å². The third-order valence-corrected chi connectivity index (χ3v) is 3.91. The van der Waals surface area contributed by atoms with Crippen molar-refractivity contribution >= 4 is 15.9 Å². The van der Waals surface area contributed by atoms with Crippen LogP contribution in [0.25, 0.3) is 0 Å². The molecule has 1 amide bonds. The van der Waals surface area contributed by atoms with Gasteiger partial charge in [0.25, 0.3) is 15.9 Å². The Morgan fingerprint density at radius 2 is 2.05 bits per heavy atom. The smallest absolute Gasteiger partial charge is 0.287 e. The molecule has 0 bridgehead atoms. The van der Waals surface area contributed by atoms with Gasteiger partial charge in [-0.25, -0.2) is 13.6 Å². The van der Waals surface area contributed by atoms with Gasteiger partial charge in [0, 0.05) is 19.6 Å². The van der Waals surface area contributed by atoms with Gasteiger partial charge in [-0.15, -0.1) is 0 Å². The summed E-state index contributed by atoms with van der Waals surface area (Å²) in [6.45, 7) is 4.67. The van der Waals surface area contributed by atoms with Crippen molar-refractivity contribution in [1.29, 1.82) is 0 Å². The van der Waals surface area contributed by atoms with Crippen LogP contribution in [-0.2, 0) is 14.8 Å². The van der Waals surface area contributed by atoms with E-state index in [9.17, 15) is 13.2 Å². The first kappa shape index (κ1) is 16.0. The van der Waals surface area contributed by atoms with Crippen molar-refractivity contribution in [2.24, 2.45) is 5.14 Å². The number of nitrogens with zero attached hydrogens (tertiary/aromatic N) is 1. The highest BCUT2D eigenvalue weighted by Crippen LogP contribution is 2.11. The molecule has 0 aromatic carbocycles. The lowest BCUT2D eigenvalue weighted by molar-refractivity contribution is 0.0374. The Morgan fingerprint density at radius 3 is 2.67 bits per heavy atom. The minimum atomic E-state index is -3.92. The number of morpholine rings is 1. The number of carbonyl (C=O) groups excluding carboxylic acids is 1. The molecular weight excluding hydrogens is 298 g/mol. The van der Waals surface area contributed by atoms with Crippen molar-refractivity contribution in [2.75, 3.05) is 39.4 Å². The quantitative estimate of drug-likeness (QED) is 0.676. The van der Waals surface area contributed by atoms with Crippen molar-refractivity contribution in [1.82, 2.24) is 10.2 Å². The molecular formula is C12H19N3O5S. The average Bonchev–Trinajstić information content (AvgIpc) is 2.94. The number of sulfonamides is 1. The zero-order valence-electron chi connectivity index (χ0n) is 11.6. The van der Waals surface area contributed by atoms with E-state index in [1.165, 1.54) is 6.07 Å². The van der Waals surface area contributed by atoms with Crippen molar-refractivity contribution < 1.29 is 22.4 Å². The van der Waals surface area contributed by atoms with Crippen LogP contribution in [0, 0.1) is 0 Å². The Kier molecular flexibility index (Phi) is 5.34. The molecule has 0 aliphatic carbocycles. The fraction of sp³-hybridized carbons (Fsp3) is 0.583. The molecule has 21 heavy (non-hydrogen) atoms. The van der Waals surface area contributed by atoms with E-state index < -0.39 is 21.0 Å². The first-order valence-corrected chi connectivity index (χ1v) is 8.22. The van der Waals surface area contributed by atoms with E-state index in [4.69, 9.17) is 14.3 Å². The number of hydrogen-bond acceptors (Lipinski definition) is 6. The molecule has 1 aromatic rings. The van der Waals surface area contributed by atoms with E-state index in [1.807, 2.05) is 0 Å². The predicted octanol–water partition coefficient (Wildman–Crippen LogP) is -0.621. The van der Waals surface area contributed by atoms with Crippen molar-refractivity contribution in [3.8, 4) is 0 Å². The van der Waals surface area contributed by atoms with Crippen LogP contribution in [0.2, 0.25) is 0 Å². The van der Waals surface area contributed by atoms with Crippen molar-refractivity contribution in [2.45, 2.75) is 11.5 Å². The molecule has 9 heteroatoms. The summed E-state index contributed by atoms with van der Waals surface area (Å²) in [5.74, 6) is -0.516. The number of ether oxygens (including phenoxy) is 1. The number of nitrogens with one attached hydrogen (secondary N) is 1. The topological polar surface area (TPSA) is 115 Å². The molecule has 2 heterocycles. The fourth-order valence-corrected chi connectivity index (χ4v) is 2.48. The minimum Gasteiger partial charge on any atom is -0.438 e. The summed E-state index contributed by atoms with van der Waals surface area (Å²) < 4.78 is 32.2. The van der Waals surface area contributed by atoms with Crippen molar-refractivity contribution in [3.05, 3.63) is 17.9 Å². The number of primary sulfonamides is 1. The highest BCUT2D eigenvalue weighted by Gasteiger charge is 2.17. The molecule has 0 atom stereocenters.